The molecule has 1 aromatic rings. The molecule has 19 heavy (non-hydrogen) atoms. The van der Waals surface area contributed by atoms with Gasteiger partial charge in [-0.15, -0.1) is 0 Å². The van der Waals surface area contributed by atoms with Crippen molar-refractivity contribution in [3.8, 4) is 0 Å². The van der Waals surface area contributed by atoms with Crippen LogP contribution >= 0.6 is 11.8 Å². The first-order chi connectivity index (χ1) is 8.78. The van der Waals surface area contributed by atoms with E-state index in [-0.39, 0.29) is 16.6 Å². The Morgan fingerprint density at radius 2 is 2.05 bits per heavy atom. The first-order valence-corrected chi connectivity index (χ1v) is 8.65. The molecule has 1 aromatic carbocycles. The van der Waals surface area contributed by atoms with Crippen molar-refractivity contribution in [2.75, 3.05) is 24.8 Å². The number of thioether (sulfide) groups is 1. The minimum Gasteiger partial charge on any atom is -0.399 e. The highest BCUT2D eigenvalue weighted by molar-refractivity contribution is 7.98. The summed E-state index contributed by atoms with van der Waals surface area (Å²) in [6.07, 6.45) is 2.70. The number of rotatable bonds is 6. The van der Waals surface area contributed by atoms with Crippen LogP contribution in [0.1, 0.15) is 13.3 Å². The largest absolute Gasteiger partial charge is 0.399 e. The predicted octanol–water partition coefficient (Wildman–Crippen LogP) is 2.17. The zero-order valence-corrected chi connectivity index (χ0v) is 12.9. The molecule has 1 atom stereocenters. The molecule has 0 spiro atoms. The molecular weight excluding hydrogens is 287 g/mol. The summed E-state index contributed by atoms with van der Waals surface area (Å²) in [5.41, 5.74) is 5.59. The smallest absolute Gasteiger partial charge is 0.243 e. The Hall–Kier alpha value is -0.790. The molecule has 7 heteroatoms. The summed E-state index contributed by atoms with van der Waals surface area (Å²) >= 11 is 1.66. The van der Waals surface area contributed by atoms with Crippen LogP contribution in [0.3, 0.4) is 0 Å². The van der Waals surface area contributed by atoms with Crippen molar-refractivity contribution in [2.24, 2.45) is 0 Å². The van der Waals surface area contributed by atoms with Crippen LogP contribution < -0.4 is 5.73 Å². The van der Waals surface area contributed by atoms with Crippen molar-refractivity contribution < 1.29 is 12.8 Å². The normalized spacial score (nSPS) is 13.7. The second-order valence-electron chi connectivity index (χ2n) is 4.37. The van der Waals surface area contributed by atoms with Crippen molar-refractivity contribution in [1.29, 1.82) is 0 Å². The molecule has 0 radical (unpaired) electrons. The van der Waals surface area contributed by atoms with Gasteiger partial charge in [-0.05, 0) is 43.6 Å². The Morgan fingerprint density at radius 3 is 2.58 bits per heavy atom. The molecule has 0 aliphatic rings. The molecule has 1 unspecified atom stereocenters. The third kappa shape index (κ3) is 4.09. The van der Waals surface area contributed by atoms with Crippen molar-refractivity contribution in [2.45, 2.75) is 24.3 Å². The van der Waals surface area contributed by atoms with Gasteiger partial charge in [-0.3, -0.25) is 0 Å². The van der Waals surface area contributed by atoms with Gasteiger partial charge in [0, 0.05) is 18.8 Å². The lowest BCUT2D eigenvalue weighted by Crippen LogP contribution is -2.35. The summed E-state index contributed by atoms with van der Waals surface area (Å²) in [7, 11) is -2.21. The van der Waals surface area contributed by atoms with Gasteiger partial charge in [0.15, 0.2) is 0 Å². The first kappa shape index (κ1) is 16.3. The van der Waals surface area contributed by atoms with E-state index in [0.717, 1.165) is 24.3 Å². The molecule has 2 N–H and O–H groups in total. The molecule has 0 saturated heterocycles. The summed E-state index contributed by atoms with van der Waals surface area (Å²) in [4.78, 5) is -0.108. The third-order valence-corrected chi connectivity index (χ3v) is 5.52. The van der Waals surface area contributed by atoms with Gasteiger partial charge in [0.05, 0.1) is 4.90 Å². The Morgan fingerprint density at radius 1 is 1.42 bits per heavy atom. The topological polar surface area (TPSA) is 63.4 Å². The van der Waals surface area contributed by atoms with Crippen molar-refractivity contribution >= 4 is 27.5 Å². The molecule has 0 aliphatic heterocycles. The van der Waals surface area contributed by atoms with E-state index >= 15 is 0 Å². The van der Waals surface area contributed by atoms with E-state index in [1.54, 1.807) is 11.8 Å². The molecule has 1 rings (SSSR count). The SMILES string of the molecule is CSCCC(C)N(C)S(=O)(=O)c1cc(N)cc(F)c1. The average Bonchev–Trinajstić information content (AvgIpc) is 2.33. The van der Waals surface area contributed by atoms with Crippen LogP contribution in [0.5, 0.6) is 0 Å². The number of anilines is 1. The van der Waals surface area contributed by atoms with Crippen LogP contribution in [0, 0.1) is 5.82 Å². The van der Waals surface area contributed by atoms with Gasteiger partial charge >= 0.3 is 0 Å². The van der Waals surface area contributed by atoms with Crippen LogP contribution in [-0.2, 0) is 10.0 Å². The number of hydrogen-bond acceptors (Lipinski definition) is 4. The van der Waals surface area contributed by atoms with Crippen LogP contribution in [0.25, 0.3) is 0 Å². The first-order valence-electron chi connectivity index (χ1n) is 5.82. The maximum Gasteiger partial charge on any atom is 0.243 e. The number of halogens is 1. The van der Waals surface area contributed by atoms with Crippen molar-refractivity contribution in [1.82, 2.24) is 4.31 Å². The van der Waals surface area contributed by atoms with Crippen molar-refractivity contribution in [3.63, 3.8) is 0 Å². The molecule has 0 saturated carbocycles. The number of nitrogen functional groups attached to an aromatic ring is 1. The van der Waals surface area contributed by atoms with E-state index in [1.165, 1.54) is 17.4 Å². The maximum absolute atomic E-state index is 13.3. The highest BCUT2D eigenvalue weighted by Crippen LogP contribution is 2.21. The lowest BCUT2D eigenvalue weighted by molar-refractivity contribution is 0.382. The highest BCUT2D eigenvalue weighted by Gasteiger charge is 2.25. The Labute approximate surface area is 118 Å². The van der Waals surface area contributed by atoms with Crippen LogP contribution in [0.4, 0.5) is 10.1 Å². The lowest BCUT2D eigenvalue weighted by atomic mass is 10.3. The molecule has 4 nitrogen and oxygen atoms in total. The number of nitrogens with two attached hydrogens (primary N) is 1. The minimum atomic E-state index is -3.71. The number of nitrogens with zero attached hydrogens (tertiary/aromatic N) is 1. The average molecular weight is 306 g/mol. The molecule has 0 bridgehead atoms. The monoisotopic (exact) mass is 306 g/mol. The van der Waals surface area contributed by atoms with Crippen molar-refractivity contribution in [3.05, 3.63) is 24.0 Å². The maximum atomic E-state index is 13.3. The van der Waals surface area contributed by atoms with Gasteiger partial charge < -0.3 is 5.73 Å². The van der Waals surface area contributed by atoms with Crippen LogP contribution in [0.15, 0.2) is 23.1 Å². The van der Waals surface area contributed by atoms with Gasteiger partial charge in [-0.1, -0.05) is 0 Å². The highest BCUT2D eigenvalue weighted by atomic mass is 32.2. The molecule has 0 amide bonds. The standard InChI is InChI=1S/C12H19FN2O2S2/c1-9(4-5-18-3)15(2)19(16,17)12-7-10(13)6-11(14)8-12/h6-9H,4-5,14H2,1-3H3. The van der Waals surface area contributed by atoms with E-state index in [0.29, 0.717) is 0 Å². The fraction of sp³-hybridized carbons (Fsp3) is 0.500. The zero-order chi connectivity index (χ0) is 14.6. The summed E-state index contributed by atoms with van der Waals surface area (Å²) in [6, 6.07) is 3.21. The summed E-state index contributed by atoms with van der Waals surface area (Å²) < 4.78 is 39.2. The molecule has 0 fully saturated rings. The fourth-order valence-corrected chi connectivity index (χ4v) is 3.64. The van der Waals surface area contributed by atoms with Crippen LogP contribution in [0.2, 0.25) is 0 Å². The van der Waals surface area contributed by atoms with Gasteiger partial charge in [0.25, 0.3) is 0 Å². The summed E-state index contributed by atoms with van der Waals surface area (Å²) in [5.74, 6) is 0.218. The molecular formula is C12H19FN2O2S2. The van der Waals surface area contributed by atoms with E-state index in [1.807, 2.05) is 13.2 Å². The van der Waals surface area contributed by atoms with Crippen LogP contribution in [-0.4, -0.2) is 37.8 Å². The number of sulfonamides is 1. The number of benzene rings is 1. The second kappa shape index (κ2) is 6.58. The molecule has 108 valence electrons. The molecule has 0 aromatic heterocycles. The third-order valence-electron chi connectivity index (χ3n) is 2.93. The second-order valence-corrected chi connectivity index (χ2v) is 7.36. The minimum absolute atomic E-state index is 0.101. The predicted molar refractivity (Wildman–Crippen MR) is 78.2 cm³/mol. The molecule has 0 heterocycles. The lowest BCUT2D eigenvalue weighted by Gasteiger charge is -2.24. The summed E-state index contributed by atoms with van der Waals surface area (Å²) in [6.45, 7) is 1.83. The van der Waals surface area contributed by atoms with E-state index in [9.17, 15) is 12.8 Å². The quantitative estimate of drug-likeness (QED) is 0.818. The fourth-order valence-electron chi connectivity index (χ4n) is 1.61. The summed E-state index contributed by atoms with van der Waals surface area (Å²) in [5, 5.41) is 0. The Balaban J connectivity index is 3.02. The molecule has 0 aliphatic carbocycles. The Kier molecular flexibility index (Phi) is 5.64. The van der Waals surface area contributed by atoms with Gasteiger partial charge in [-0.2, -0.15) is 16.1 Å². The Bertz CT molecular complexity index is 514. The van der Waals surface area contributed by atoms with E-state index < -0.39 is 15.8 Å². The van der Waals surface area contributed by atoms with Gasteiger partial charge in [0.2, 0.25) is 10.0 Å². The number of hydrogen-bond donors (Lipinski definition) is 1. The van der Waals surface area contributed by atoms with Gasteiger partial charge in [-0.25, -0.2) is 12.8 Å². The van der Waals surface area contributed by atoms with Gasteiger partial charge in [0.1, 0.15) is 5.82 Å². The van der Waals surface area contributed by atoms with E-state index in [4.69, 9.17) is 5.73 Å². The van der Waals surface area contributed by atoms with E-state index in [2.05, 4.69) is 0 Å². The zero-order valence-electron chi connectivity index (χ0n) is 11.3.